The Kier molecular flexibility index (Phi) is 4.95. The molecular formula is C17H23N3O3. The van der Waals surface area contributed by atoms with Gasteiger partial charge in [-0.1, -0.05) is 18.2 Å². The van der Waals surface area contributed by atoms with Crippen LogP contribution in [-0.2, 0) is 18.3 Å². The second kappa shape index (κ2) is 7.12. The van der Waals surface area contributed by atoms with Gasteiger partial charge in [0.2, 0.25) is 0 Å². The van der Waals surface area contributed by atoms with Crippen molar-refractivity contribution in [2.45, 2.75) is 12.1 Å². The molecule has 23 heavy (non-hydrogen) atoms. The highest BCUT2D eigenvalue weighted by molar-refractivity contribution is 5.21. The average molecular weight is 317 g/mol. The van der Waals surface area contributed by atoms with Crippen LogP contribution in [0.5, 0.6) is 5.75 Å². The third-order valence-corrected chi connectivity index (χ3v) is 3.99. The van der Waals surface area contributed by atoms with Gasteiger partial charge in [0.15, 0.2) is 0 Å². The highest BCUT2D eigenvalue weighted by Gasteiger charge is 2.33. The number of nitrogens with zero attached hydrogens (tertiary/aromatic N) is 3. The number of aliphatic hydroxyl groups is 1. The van der Waals surface area contributed by atoms with Crippen molar-refractivity contribution >= 4 is 0 Å². The Labute approximate surface area is 136 Å². The minimum atomic E-state index is -1.02. The van der Waals surface area contributed by atoms with Crippen molar-refractivity contribution in [2.75, 3.05) is 32.9 Å². The number of aromatic nitrogens is 2. The van der Waals surface area contributed by atoms with E-state index in [4.69, 9.17) is 9.47 Å². The van der Waals surface area contributed by atoms with E-state index < -0.39 is 5.60 Å². The zero-order chi connectivity index (χ0) is 16.1. The monoisotopic (exact) mass is 317 g/mol. The first-order valence-corrected chi connectivity index (χ1v) is 7.80. The molecule has 0 bridgehead atoms. The summed E-state index contributed by atoms with van der Waals surface area (Å²) in [6.45, 7) is 3.10. The van der Waals surface area contributed by atoms with Crippen LogP contribution in [0.4, 0.5) is 0 Å². The average Bonchev–Trinajstić information content (AvgIpc) is 2.85. The molecule has 1 unspecified atom stereocenters. The molecule has 124 valence electrons. The van der Waals surface area contributed by atoms with E-state index >= 15 is 0 Å². The van der Waals surface area contributed by atoms with Crippen molar-refractivity contribution in [3.63, 3.8) is 0 Å². The van der Waals surface area contributed by atoms with Crippen molar-refractivity contribution < 1.29 is 14.6 Å². The van der Waals surface area contributed by atoms with Crippen LogP contribution in [0.25, 0.3) is 0 Å². The first-order valence-electron chi connectivity index (χ1n) is 7.80. The minimum absolute atomic E-state index is 0.207. The molecule has 1 N–H and O–H groups in total. The van der Waals surface area contributed by atoms with E-state index in [-0.39, 0.29) is 13.2 Å². The Morgan fingerprint density at radius 3 is 2.91 bits per heavy atom. The molecule has 0 radical (unpaired) electrons. The van der Waals surface area contributed by atoms with E-state index in [9.17, 15) is 5.11 Å². The van der Waals surface area contributed by atoms with E-state index in [1.807, 2.05) is 48.1 Å². The maximum Gasteiger partial charge on any atom is 0.134 e. The van der Waals surface area contributed by atoms with Crippen LogP contribution in [0, 0.1) is 0 Å². The summed E-state index contributed by atoms with van der Waals surface area (Å²) in [6.07, 6.45) is 3.64. The quantitative estimate of drug-likeness (QED) is 0.894. The van der Waals surface area contributed by atoms with E-state index in [0.717, 1.165) is 24.5 Å². The molecule has 1 atom stereocenters. The fourth-order valence-electron chi connectivity index (χ4n) is 2.72. The maximum absolute atomic E-state index is 10.9. The van der Waals surface area contributed by atoms with Gasteiger partial charge < -0.3 is 19.1 Å². The van der Waals surface area contributed by atoms with Gasteiger partial charge in [0.1, 0.15) is 18.0 Å². The molecule has 0 aliphatic carbocycles. The van der Waals surface area contributed by atoms with Crippen LogP contribution in [0.3, 0.4) is 0 Å². The predicted molar refractivity (Wildman–Crippen MR) is 86.2 cm³/mol. The lowest BCUT2D eigenvalue weighted by Crippen LogP contribution is -2.48. The number of rotatable bonds is 5. The molecule has 2 aromatic rings. The highest BCUT2D eigenvalue weighted by atomic mass is 16.5. The Morgan fingerprint density at radius 2 is 2.17 bits per heavy atom. The number of imidazole rings is 1. The fraction of sp³-hybridized carbons (Fsp3) is 0.471. The van der Waals surface area contributed by atoms with Gasteiger partial charge >= 0.3 is 0 Å². The smallest absolute Gasteiger partial charge is 0.134 e. The van der Waals surface area contributed by atoms with Crippen LogP contribution in [0.1, 0.15) is 5.69 Å². The first kappa shape index (κ1) is 16.0. The minimum Gasteiger partial charge on any atom is -0.490 e. The van der Waals surface area contributed by atoms with Crippen LogP contribution in [0.15, 0.2) is 42.9 Å². The molecule has 1 aliphatic heterocycles. The number of β-amino-alcohol motifs (C(OH)–C–C–N with tert-alkyl or cyclic N) is 1. The third kappa shape index (κ3) is 4.31. The SMILES string of the molecule is Cn1cncc1CN1CCOCC(O)(COc2ccccc2)C1. The molecule has 3 rings (SSSR count). The first-order chi connectivity index (χ1) is 11.1. The van der Waals surface area contributed by atoms with Crippen LogP contribution in [0.2, 0.25) is 0 Å². The van der Waals surface area contributed by atoms with E-state index in [1.54, 1.807) is 6.33 Å². The van der Waals surface area contributed by atoms with Crippen molar-refractivity contribution in [1.82, 2.24) is 14.5 Å². The summed E-state index contributed by atoms with van der Waals surface area (Å²) in [7, 11) is 1.97. The van der Waals surface area contributed by atoms with Crippen molar-refractivity contribution in [1.29, 1.82) is 0 Å². The van der Waals surface area contributed by atoms with Crippen LogP contribution < -0.4 is 4.74 Å². The number of ether oxygens (including phenoxy) is 2. The summed E-state index contributed by atoms with van der Waals surface area (Å²) in [6, 6.07) is 9.53. The van der Waals surface area contributed by atoms with Gasteiger partial charge in [0, 0.05) is 32.9 Å². The Hall–Kier alpha value is -1.89. The summed E-state index contributed by atoms with van der Waals surface area (Å²) < 4.78 is 13.3. The predicted octanol–water partition coefficient (Wildman–Crippen LogP) is 1.06. The number of para-hydroxylation sites is 1. The number of aryl methyl sites for hydroxylation is 1. The summed E-state index contributed by atoms with van der Waals surface area (Å²) in [5.41, 5.74) is 0.0866. The lowest BCUT2D eigenvalue weighted by atomic mass is 10.1. The third-order valence-electron chi connectivity index (χ3n) is 3.99. The molecule has 6 heteroatoms. The molecule has 1 fully saturated rings. The van der Waals surface area contributed by atoms with Crippen molar-refractivity contribution in [2.24, 2.45) is 7.05 Å². The Morgan fingerprint density at radius 1 is 1.35 bits per heavy atom. The second-order valence-electron chi connectivity index (χ2n) is 6.09. The number of hydrogen-bond acceptors (Lipinski definition) is 5. The molecule has 0 saturated carbocycles. The normalized spacial score (nSPS) is 22.7. The molecule has 0 spiro atoms. The molecule has 2 heterocycles. The van der Waals surface area contributed by atoms with E-state index in [0.29, 0.717) is 13.2 Å². The molecular weight excluding hydrogens is 294 g/mol. The van der Waals surface area contributed by atoms with E-state index in [2.05, 4.69) is 9.88 Å². The standard InChI is InChI=1S/C17H23N3O3/c1-19-14-18-9-15(19)10-20-7-8-22-12-17(21,11-20)13-23-16-5-3-2-4-6-16/h2-6,9,14,21H,7-8,10-13H2,1H3. The highest BCUT2D eigenvalue weighted by Crippen LogP contribution is 2.17. The number of benzene rings is 1. The molecule has 1 saturated heterocycles. The van der Waals surface area contributed by atoms with Crippen LogP contribution in [-0.4, -0.2) is 58.1 Å². The fourth-order valence-corrected chi connectivity index (χ4v) is 2.72. The van der Waals surface area contributed by atoms with Gasteiger partial charge in [0.25, 0.3) is 0 Å². The number of hydrogen-bond donors (Lipinski definition) is 1. The zero-order valence-corrected chi connectivity index (χ0v) is 13.4. The van der Waals surface area contributed by atoms with Gasteiger partial charge in [-0.25, -0.2) is 4.98 Å². The largest absolute Gasteiger partial charge is 0.490 e. The second-order valence-corrected chi connectivity index (χ2v) is 6.09. The molecule has 0 amide bonds. The lowest BCUT2D eigenvalue weighted by molar-refractivity contribution is -0.0647. The van der Waals surface area contributed by atoms with Gasteiger partial charge in [-0.15, -0.1) is 0 Å². The van der Waals surface area contributed by atoms with E-state index in [1.165, 1.54) is 0 Å². The van der Waals surface area contributed by atoms with Gasteiger partial charge in [0.05, 0.1) is 25.2 Å². The molecule has 1 aliphatic rings. The summed E-state index contributed by atoms with van der Waals surface area (Å²) >= 11 is 0. The van der Waals surface area contributed by atoms with Crippen LogP contribution >= 0.6 is 0 Å². The summed E-state index contributed by atoms with van der Waals surface area (Å²) in [5, 5.41) is 10.9. The Balaban J connectivity index is 1.62. The molecule has 1 aromatic heterocycles. The molecule has 6 nitrogen and oxygen atoms in total. The van der Waals surface area contributed by atoms with Crippen molar-refractivity contribution in [3.8, 4) is 5.75 Å². The Bertz CT molecular complexity index is 617. The van der Waals surface area contributed by atoms with Gasteiger partial charge in [-0.05, 0) is 12.1 Å². The lowest BCUT2D eigenvalue weighted by Gasteiger charge is -2.30. The molecule has 1 aromatic carbocycles. The maximum atomic E-state index is 10.9. The van der Waals surface area contributed by atoms with Crippen molar-refractivity contribution in [3.05, 3.63) is 48.5 Å². The topological polar surface area (TPSA) is 59.8 Å². The van der Waals surface area contributed by atoms with Gasteiger partial charge in [-0.3, -0.25) is 4.90 Å². The van der Waals surface area contributed by atoms with Gasteiger partial charge in [-0.2, -0.15) is 0 Å². The summed E-state index contributed by atoms with van der Waals surface area (Å²) in [5.74, 6) is 0.753. The summed E-state index contributed by atoms with van der Waals surface area (Å²) in [4.78, 5) is 6.32. The zero-order valence-electron chi connectivity index (χ0n) is 13.4.